The molecule has 0 bridgehead atoms. The molecule has 3 rings (SSSR count). The maximum absolute atomic E-state index is 6.93. The molecule has 0 aromatic heterocycles. The van der Waals surface area contributed by atoms with Gasteiger partial charge in [0, 0.05) is 11.1 Å². The smallest absolute Gasteiger partial charge is 0.326 e. The lowest BCUT2D eigenvalue weighted by Crippen LogP contribution is -2.24. The van der Waals surface area contributed by atoms with E-state index < -0.39 is 8.38 Å². The van der Waals surface area contributed by atoms with Gasteiger partial charge in [-0.2, -0.15) is 0 Å². The van der Waals surface area contributed by atoms with E-state index in [1.54, 1.807) is 0 Å². The molecule has 0 heterocycles. The van der Waals surface area contributed by atoms with E-state index in [0.717, 1.165) is 16.8 Å². The third-order valence-electron chi connectivity index (χ3n) is 6.50. The zero-order chi connectivity index (χ0) is 27.8. The van der Waals surface area contributed by atoms with Crippen LogP contribution in [-0.4, -0.2) is 0 Å². The first-order chi connectivity index (χ1) is 16.9. The topological polar surface area (TPSA) is 18.5 Å². The van der Waals surface area contributed by atoms with Gasteiger partial charge >= 0.3 is 8.38 Å². The molecule has 2 nitrogen and oxygen atoms in total. The van der Waals surface area contributed by atoms with Crippen molar-refractivity contribution in [2.24, 2.45) is 0 Å². The van der Waals surface area contributed by atoms with E-state index in [1.807, 2.05) is 6.07 Å². The first-order valence-electron chi connectivity index (χ1n) is 13.4. The summed E-state index contributed by atoms with van der Waals surface area (Å²) in [5.74, 6) is 1.80. The summed E-state index contributed by atoms with van der Waals surface area (Å²) in [4.78, 5) is 0. The SMILES string of the molecule is CC(C)(C)c1cccc(OP(Oc2cccc(C(C)(C)C)c2C(C)(C)C)c2ccccc2)c1C(C)(C)C. The summed E-state index contributed by atoms with van der Waals surface area (Å²) >= 11 is 0. The van der Waals surface area contributed by atoms with E-state index in [-0.39, 0.29) is 21.7 Å². The Morgan fingerprint density at radius 1 is 0.432 bits per heavy atom. The quantitative estimate of drug-likeness (QED) is 0.313. The van der Waals surface area contributed by atoms with Crippen molar-refractivity contribution in [1.29, 1.82) is 0 Å². The van der Waals surface area contributed by atoms with Crippen LogP contribution in [-0.2, 0) is 21.7 Å². The third kappa shape index (κ3) is 6.97. The molecule has 0 unspecified atom stereocenters. The molecule has 0 amide bonds. The lowest BCUT2D eigenvalue weighted by molar-refractivity contribution is 0.454. The molecule has 0 fully saturated rings. The lowest BCUT2D eigenvalue weighted by Gasteiger charge is -2.34. The summed E-state index contributed by atoms with van der Waals surface area (Å²) in [6, 6.07) is 23.3. The summed E-state index contributed by atoms with van der Waals surface area (Å²) in [6.07, 6.45) is 0. The van der Waals surface area contributed by atoms with Crippen LogP contribution in [0.3, 0.4) is 0 Å². The van der Waals surface area contributed by atoms with Gasteiger partial charge < -0.3 is 9.05 Å². The van der Waals surface area contributed by atoms with Crippen molar-refractivity contribution in [1.82, 2.24) is 0 Å². The fourth-order valence-corrected chi connectivity index (χ4v) is 6.19. The Morgan fingerprint density at radius 2 is 0.811 bits per heavy atom. The molecule has 3 heteroatoms. The Balaban J connectivity index is 2.20. The van der Waals surface area contributed by atoms with E-state index in [9.17, 15) is 0 Å². The molecule has 0 aliphatic carbocycles. The second-order valence-corrected chi connectivity index (χ2v) is 15.5. The predicted octanol–water partition coefficient (Wildman–Crippen LogP) is 9.97. The second kappa shape index (κ2) is 10.5. The van der Waals surface area contributed by atoms with Crippen molar-refractivity contribution >= 4 is 13.7 Å². The Bertz CT molecular complexity index is 1120. The molecule has 0 aliphatic heterocycles. The van der Waals surface area contributed by atoms with Crippen LogP contribution in [0.25, 0.3) is 0 Å². The summed E-state index contributed by atoms with van der Waals surface area (Å²) in [5.41, 5.74) is 4.94. The summed E-state index contributed by atoms with van der Waals surface area (Å²) in [7, 11) is -1.43. The Kier molecular flexibility index (Phi) is 8.26. The highest BCUT2D eigenvalue weighted by atomic mass is 31.2. The normalized spacial score (nSPS) is 13.1. The molecular weight excluding hydrogens is 471 g/mol. The van der Waals surface area contributed by atoms with Crippen molar-refractivity contribution in [2.45, 2.75) is 105 Å². The number of rotatable bonds is 5. The Morgan fingerprint density at radius 3 is 1.14 bits per heavy atom. The maximum atomic E-state index is 6.93. The lowest BCUT2D eigenvalue weighted by atomic mass is 9.75. The molecule has 0 spiro atoms. The predicted molar refractivity (Wildman–Crippen MR) is 162 cm³/mol. The minimum Gasteiger partial charge on any atom is -0.435 e. The van der Waals surface area contributed by atoms with Gasteiger partial charge in [-0.25, -0.2) is 0 Å². The highest BCUT2D eigenvalue weighted by Crippen LogP contribution is 2.49. The second-order valence-electron chi connectivity index (χ2n) is 14.1. The molecule has 3 aromatic rings. The van der Waals surface area contributed by atoms with Crippen LogP contribution in [0.4, 0.5) is 0 Å². The van der Waals surface area contributed by atoms with Gasteiger partial charge in [-0.1, -0.05) is 126 Å². The van der Waals surface area contributed by atoms with Crippen molar-refractivity contribution in [3.8, 4) is 11.5 Å². The van der Waals surface area contributed by atoms with Crippen LogP contribution in [0.15, 0.2) is 66.7 Å². The number of hydrogen-bond acceptors (Lipinski definition) is 2. The molecular formula is C34H47O2P. The highest BCUT2D eigenvalue weighted by molar-refractivity contribution is 7.56. The highest BCUT2D eigenvalue weighted by Gasteiger charge is 2.33. The van der Waals surface area contributed by atoms with Crippen molar-refractivity contribution in [3.63, 3.8) is 0 Å². The van der Waals surface area contributed by atoms with Crippen LogP contribution in [0.1, 0.15) is 105 Å². The summed E-state index contributed by atoms with van der Waals surface area (Å²) in [5, 5.41) is 1.06. The fourth-order valence-electron chi connectivity index (χ4n) is 4.86. The molecule has 0 aliphatic rings. The Hall–Kier alpha value is -2.31. The average molecular weight is 519 g/mol. The van der Waals surface area contributed by atoms with Crippen LogP contribution in [0, 0.1) is 0 Å². The van der Waals surface area contributed by atoms with Gasteiger partial charge in [0.2, 0.25) is 0 Å². The third-order valence-corrected chi connectivity index (χ3v) is 7.94. The Labute approximate surface area is 227 Å². The van der Waals surface area contributed by atoms with Crippen LogP contribution in [0.2, 0.25) is 0 Å². The standard InChI is InChI=1S/C34H47O2P/c1-31(2,3)25-20-16-22-27(29(25)33(7,8)9)35-37(24-18-14-13-15-19-24)36-28-23-17-21-26(32(4,5)6)30(28)34(10,11)12/h13-23H,1-12H3. The van der Waals surface area contributed by atoms with Gasteiger partial charge in [-0.15, -0.1) is 0 Å². The van der Waals surface area contributed by atoms with E-state index in [1.165, 1.54) is 22.3 Å². The van der Waals surface area contributed by atoms with Crippen molar-refractivity contribution in [2.75, 3.05) is 0 Å². The van der Waals surface area contributed by atoms with Gasteiger partial charge in [-0.05, 0) is 57.1 Å². The van der Waals surface area contributed by atoms with Gasteiger partial charge in [-0.3, -0.25) is 0 Å². The fraction of sp³-hybridized carbons (Fsp3) is 0.471. The largest absolute Gasteiger partial charge is 0.435 e. The minimum atomic E-state index is -1.43. The number of benzene rings is 3. The zero-order valence-corrected chi connectivity index (χ0v) is 26.0. The minimum absolute atomic E-state index is 0.00120. The van der Waals surface area contributed by atoms with Gasteiger partial charge in [0.25, 0.3) is 0 Å². The molecule has 0 radical (unpaired) electrons. The summed E-state index contributed by atoms with van der Waals surface area (Å²) in [6.45, 7) is 27.2. The van der Waals surface area contributed by atoms with E-state index in [4.69, 9.17) is 9.05 Å². The number of hydrogen-bond donors (Lipinski definition) is 0. The molecule has 0 atom stereocenters. The van der Waals surface area contributed by atoms with E-state index in [0.29, 0.717) is 0 Å². The maximum Gasteiger partial charge on any atom is 0.326 e. The van der Waals surface area contributed by atoms with E-state index >= 15 is 0 Å². The first kappa shape index (κ1) is 29.2. The van der Waals surface area contributed by atoms with Crippen LogP contribution in [0.5, 0.6) is 11.5 Å². The molecule has 0 saturated carbocycles. The van der Waals surface area contributed by atoms with Crippen molar-refractivity contribution in [3.05, 3.63) is 89.0 Å². The molecule has 37 heavy (non-hydrogen) atoms. The molecule has 200 valence electrons. The van der Waals surface area contributed by atoms with Crippen LogP contribution < -0.4 is 14.4 Å². The van der Waals surface area contributed by atoms with Gasteiger partial charge in [0.15, 0.2) is 0 Å². The van der Waals surface area contributed by atoms with E-state index in [2.05, 4.69) is 144 Å². The molecule has 0 saturated heterocycles. The summed E-state index contributed by atoms with van der Waals surface area (Å²) < 4.78 is 13.9. The monoisotopic (exact) mass is 518 g/mol. The van der Waals surface area contributed by atoms with Crippen molar-refractivity contribution < 1.29 is 9.05 Å². The van der Waals surface area contributed by atoms with Crippen LogP contribution >= 0.6 is 8.38 Å². The first-order valence-corrected chi connectivity index (χ1v) is 14.6. The molecule has 0 N–H and O–H groups in total. The average Bonchev–Trinajstić information content (AvgIpc) is 2.76. The van der Waals surface area contributed by atoms with Gasteiger partial charge in [0.05, 0.1) is 5.30 Å². The zero-order valence-electron chi connectivity index (χ0n) is 25.1. The van der Waals surface area contributed by atoms with Gasteiger partial charge in [0.1, 0.15) is 11.5 Å². The molecule has 3 aromatic carbocycles.